The van der Waals surface area contributed by atoms with Crippen LogP contribution in [0.1, 0.15) is 73.6 Å². The molecule has 0 radical (unpaired) electrons. The number of anilines is 1. The summed E-state index contributed by atoms with van der Waals surface area (Å²) in [5.74, 6) is -2.36. The van der Waals surface area contributed by atoms with Gasteiger partial charge in [0.05, 0.1) is 5.69 Å². The minimum atomic E-state index is -1.01. The van der Waals surface area contributed by atoms with Gasteiger partial charge in [-0.3, -0.25) is 19.3 Å². The highest BCUT2D eigenvalue weighted by Gasteiger charge is 2.44. The summed E-state index contributed by atoms with van der Waals surface area (Å²) in [4.78, 5) is 69.5. The zero-order valence-corrected chi connectivity index (χ0v) is 34.4. The SMILES string of the molecule is COC(Nc1cc(C(=O)NCCNC(=O)OCc2ccccc2)ccc1F)[C@@H]1c2ccccc2CN1C(=O)[C@@H](NC(=O)[C@H](C)N(C)C(=O)OC(C)(C)C)C1CCOCC1. The monoisotopic (exact) mass is 818 g/mol. The summed E-state index contributed by atoms with van der Waals surface area (Å²) in [5.41, 5.74) is 1.77. The van der Waals surface area contributed by atoms with Crippen LogP contribution in [0.2, 0.25) is 0 Å². The number of nitrogens with zero attached hydrogens (tertiary/aromatic N) is 2. The van der Waals surface area contributed by atoms with Crippen LogP contribution in [0.25, 0.3) is 0 Å². The van der Waals surface area contributed by atoms with Gasteiger partial charge in [-0.2, -0.15) is 0 Å². The zero-order chi connectivity index (χ0) is 42.7. The molecule has 0 aliphatic carbocycles. The molecule has 1 fully saturated rings. The van der Waals surface area contributed by atoms with Gasteiger partial charge in [0.15, 0.2) is 6.23 Å². The van der Waals surface area contributed by atoms with Crippen molar-refractivity contribution in [3.8, 4) is 0 Å². The van der Waals surface area contributed by atoms with E-state index in [9.17, 15) is 24.0 Å². The highest BCUT2D eigenvalue weighted by Crippen LogP contribution is 2.39. The van der Waals surface area contributed by atoms with Crippen LogP contribution in [-0.4, -0.2) is 104 Å². The fourth-order valence-electron chi connectivity index (χ4n) is 6.92. The number of hydrogen-bond donors (Lipinski definition) is 4. The second kappa shape index (κ2) is 20.3. The van der Waals surface area contributed by atoms with Crippen molar-refractivity contribution in [1.29, 1.82) is 0 Å². The molecule has 4 atom stereocenters. The predicted molar refractivity (Wildman–Crippen MR) is 216 cm³/mol. The molecule has 0 spiro atoms. The molecule has 2 heterocycles. The fourth-order valence-corrected chi connectivity index (χ4v) is 6.92. The average molecular weight is 819 g/mol. The summed E-state index contributed by atoms with van der Waals surface area (Å²) in [7, 11) is 2.90. The van der Waals surface area contributed by atoms with Crippen molar-refractivity contribution < 1.29 is 47.3 Å². The fraction of sp³-hybridized carbons (Fsp3) is 0.465. The standard InChI is InChI=1S/C43H55FN6O9/c1-27(49(5)42(55)59-43(2,3)4)37(51)48-35(29-18-22-57-23-19-29)40(53)50-25-31-14-10-11-15-32(31)36(50)39(56-6)47-34-24-30(16-17-33(34)44)38(52)45-20-21-46-41(54)58-26-28-12-8-7-9-13-28/h7-17,24,27,29,35-36,39,47H,18-23,25-26H2,1-6H3,(H,45,52)(H,46,54)(H,48,51)/t27-,35-,36-,39?/m0/s1. The Hall–Kier alpha value is -5.74. The summed E-state index contributed by atoms with van der Waals surface area (Å²) in [6, 6.07) is 17.8. The molecule has 16 heteroatoms. The molecule has 318 valence electrons. The van der Waals surface area contributed by atoms with E-state index in [2.05, 4.69) is 21.3 Å². The molecule has 0 aromatic heterocycles. The van der Waals surface area contributed by atoms with Crippen molar-refractivity contribution in [2.24, 2.45) is 5.92 Å². The smallest absolute Gasteiger partial charge is 0.410 e. The third-order valence-electron chi connectivity index (χ3n) is 10.2. The molecule has 59 heavy (non-hydrogen) atoms. The summed E-state index contributed by atoms with van der Waals surface area (Å²) < 4.78 is 37.7. The molecule has 0 bridgehead atoms. The summed E-state index contributed by atoms with van der Waals surface area (Å²) in [6.45, 7) is 8.03. The summed E-state index contributed by atoms with van der Waals surface area (Å²) in [6.07, 6.45) is -1.30. The number of likely N-dealkylation sites (N-methyl/N-ethyl adjacent to an activating group) is 1. The Kier molecular flexibility index (Phi) is 15.3. The summed E-state index contributed by atoms with van der Waals surface area (Å²) >= 11 is 0. The summed E-state index contributed by atoms with van der Waals surface area (Å²) in [5, 5.41) is 11.3. The molecule has 1 unspecified atom stereocenters. The van der Waals surface area contributed by atoms with Crippen molar-refractivity contribution in [3.63, 3.8) is 0 Å². The normalized spacial score (nSPS) is 16.8. The topological polar surface area (TPSA) is 177 Å². The van der Waals surface area contributed by atoms with Gasteiger partial charge in [0.25, 0.3) is 5.91 Å². The van der Waals surface area contributed by atoms with Gasteiger partial charge in [0, 0.05) is 52.6 Å². The first kappa shape index (κ1) is 44.4. The molecule has 3 aromatic carbocycles. The number of carbonyl (C=O) groups is 5. The third kappa shape index (κ3) is 11.9. The molecular formula is C43H55FN6O9. The van der Waals surface area contributed by atoms with E-state index < -0.39 is 59.8 Å². The van der Waals surface area contributed by atoms with Gasteiger partial charge < -0.3 is 45.1 Å². The van der Waals surface area contributed by atoms with E-state index in [1.807, 2.05) is 54.6 Å². The largest absolute Gasteiger partial charge is 0.445 e. The highest BCUT2D eigenvalue weighted by molar-refractivity contribution is 5.95. The second-order valence-corrected chi connectivity index (χ2v) is 15.6. The number of benzene rings is 3. The minimum Gasteiger partial charge on any atom is -0.445 e. The Morgan fingerprint density at radius 2 is 1.63 bits per heavy atom. The van der Waals surface area contributed by atoms with E-state index in [0.717, 1.165) is 22.8 Å². The Bertz CT molecular complexity index is 1940. The molecular weight excluding hydrogens is 764 g/mol. The number of amides is 5. The van der Waals surface area contributed by atoms with Crippen molar-refractivity contribution >= 4 is 35.6 Å². The van der Waals surface area contributed by atoms with Gasteiger partial charge in [-0.25, -0.2) is 14.0 Å². The van der Waals surface area contributed by atoms with Gasteiger partial charge in [-0.05, 0) is 81.3 Å². The number of fused-ring (bicyclic) bond motifs is 1. The van der Waals surface area contributed by atoms with Gasteiger partial charge in [-0.1, -0.05) is 54.6 Å². The van der Waals surface area contributed by atoms with Crippen LogP contribution < -0.4 is 21.3 Å². The molecule has 2 aliphatic rings. The lowest BCUT2D eigenvalue weighted by Crippen LogP contribution is -2.57. The van der Waals surface area contributed by atoms with Gasteiger partial charge >= 0.3 is 12.2 Å². The molecule has 5 rings (SSSR count). The Morgan fingerprint density at radius 3 is 2.32 bits per heavy atom. The second-order valence-electron chi connectivity index (χ2n) is 15.6. The molecule has 15 nitrogen and oxygen atoms in total. The van der Waals surface area contributed by atoms with Crippen molar-refractivity contribution in [2.75, 3.05) is 45.8 Å². The molecule has 5 amide bonds. The van der Waals surface area contributed by atoms with Crippen LogP contribution >= 0.6 is 0 Å². The van der Waals surface area contributed by atoms with E-state index in [4.69, 9.17) is 18.9 Å². The third-order valence-corrected chi connectivity index (χ3v) is 10.2. The number of hydrogen-bond acceptors (Lipinski definition) is 10. The number of halogens is 1. The minimum absolute atomic E-state index is 0.0443. The first-order valence-electron chi connectivity index (χ1n) is 19.7. The molecule has 4 N–H and O–H groups in total. The molecule has 2 aliphatic heterocycles. The first-order chi connectivity index (χ1) is 28.2. The van der Waals surface area contributed by atoms with E-state index in [1.54, 1.807) is 32.6 Å². The van der Waals surface area contributed by atoms with Crippen LogP contribution in [0.4, 0.5) is 19.7 Å². The number of nitrogens with one attached hydrogen (secondary N) is 4. The van der Waals surface area contributed by atoms with Crippen molar-refractivity contribution in [1.82, 2.24) is 25.8 Å². The van der Waals surface area contributed by atoms with Crippen molar-refractivity contribution in [2.45, 2.75) is 83.6 Å². The van der Waals surface area contributed by atoms with E-state index in [0.29, 0.717) is 26.1 Å². The number of rotatable bonds is 15. The Balaban J connectivity index is 1.29. The van der Waals surface area contributed by atoms with Crippen LogP contribution in [-0.2, 0) is 41.7 Å². The van der Waals surface area contributed by atoms with Crippen LogP contribution in [0, 0.1) is 11.7 Å². The van der Waals surface area contributed by atoms with Gasteiger partial charge in [0.2, 0.25) is 11.8 Å². The number of alkyl carbamates (subject to hydrolysis) is 1. The Labute approximate surface area is 344 Å². The van der Waals surface area contributed by atoms with E-state index in [-0.39, 0.29) is 49.3 Å². The van der Waals surface area contributed by atoms with Crippen molar-refractivity contribution in [3.05, 3.63) is 101 Å². The van der Waals surface area contributed by atoms with Gasteiger partial charge in [-0.15, -0.1) is 0 Å². The van der Waals surface area contributed by atoms with Gasteiger partial charge in [0.1, 0.15) is 36.2 Å². The Morgan fingerprint density at radius 1 is 0.949 bits per heavy atom. The number of ether oxygens (including phenoxy) is 4. The van der Waals surface area contributed by atoms with Crippen LogP contribution in [0.15, 0.2) is 72.8 Å². The predicted octanol–water partition coefficient (Wildman–Crippen LogP) is 5.12. The van der Waals surface area contributed by atoms with Crippen LogP contribution in [0.5, 0.6) is 0 Å². The average Bonchev–Trinajstić information content (AvgIpc) is 3.62. The van der Waals surface area contributed by atoms with Crippen LogP contribution in [0.3, 0.4) is 0 Å². The maximum atomic E-state index is 15.5. The zero-order valence-electron chi connectivity index (χ0n) is 34.4. The number of carbonyl (C=O) groups excluding carboxylic acids is 5. The molecule has 3 aromatic rings. The number of methoxy groups -OCH3 is 1. The molecule has 1 saturated heterocycles. The highest BCUT2D eigenvalue weighted by atomic mass is 19.1. The maximum Gasteiger partial charge on any atom is 0.410 e. The first-order valence-corrected chi connectivity index (χ1v) is 19.7. The quantitative estimate of drug-likeness (QED) is 0.119. The van der Waals surface area contributed by atoms with E-state index >= 15 is 4.39 Å². The lowest BCUT2D eigenvalue weighted by Gasteiger charge is -2.38. The molecule has 0 saturated carbocycles. The lowest BCUT2D eigenvalue weighted by atomic mass is 9.90. The lowest BCUT2D eigenvalue weighted by molar-refractivity contribution is -0.144. The van der Waals surface area contributed by atoms with E-state index in [1.165, 1.54) is 31.2 Å². The maximum absolute atomic E-state index is 15.5.